The molecule has 0 aromatic heterocycles. The van der Waals surface area contributed by atoms with Crippen LogP contribution in [0.15, 0.2) is 23.1 Å². The molecule has 0 aliphatic heterocycles. The summed E-state index contributed by atoms with van der Waals surface area (Å²) in [5.74, 6) is 0.245. The van der Waals surface area contributed by atoms with Crippen LogP contribution >= 0.6 is 0 Å². The first-order valence-electron chi connectivity index (χ1n) is 6.32. The van der Waals surface area contributed by atoms with Crippen LogP contribution in [0.3, 0.4) is 0 Å². The van der Waals surface area contributed by atoms with Gasteiger partial charge in [0.15, 0.2) is 0 Å². The van der Waals surface area contributed by atoms with Crippen LogP contribution in [0, 0.1) is 0 Å². The molecule has 1 rings (SSSR count). The third kappa shape index (κ3) is 4.49. The Labute approximate surface area is 114 Å². The summed E-state index contributed by atoms with van der Waals surface area (Å²) in [5.41, 5.74) is 0.613. The zero-order valence-electron chi connectivity index (χ0n) is 11.3. The minimum Gasteiger partial charge on any atom is -0.495 e. The van der Waals surface area contributed by atoms with E-state index < -0.39 is 10.0 Å². The average molecular weight is 287 g/mol. The quantitative estimate of drug-likeness (QED) is 0.713. The minimum atomic E-state index is -3.57. The molecule has 6 heteroatoms. The molecule has 0 aliphatic carbocycles. The van der Waals surface area contributed by atoms with Gasteiger partial charge in [0.25, 0.3) is 0 Å². The number of nitrogens with one attached hydrogen (secondary N) is 1. The van der Waals surface area contributed by atoms with Crippen molar-refractivity contribution >= 4 is 10.0 Å². The summed E-state index contributed by atoms with van der Waals surface area (Å²) in [7, 11) is -2.16. The number of rotatable bonds is 8. The van der Waals surface area contributed by atoms with Gasteiger partial charge < -0.3 is 9.84 Å². The van der Waals surface area contributed by atoms with Crippen molar-refractivity contribution in [2.45, 2.75) is 37.7 Å². The summed E-state index contributed by atoms with van der Waals surface area (Å²) in [4.78, 5) is 0.101. The Bertz CT molecular complexity index is 499. The third-order valence-electron chi connectivity index (χ3n) is 2.77. The zero-order chi connectivity index (χ0) is 14.3. The Hall–Kier alpha value is -1.11. The maximum absolute atomic E-state index is 12.1. The van der Waals surface area contributed by atoms with Crippen molar-refractivity contribution in [1.82, 2.24) is 4.72 Å². The fraction of sp³-hybridized carbons (Fsp3) is 0.538. The Morgan fingerprint density at radius 2 is 2.05 bits per heavy atom. The highest BCUT2D eigenvalue weighted by atomic mass is 32.2. The predicted molar refractivity (Wildman–Crippen MR) is 73.6 cm³/mol. The van der Waals surface area contributed by atoms with Gasteiger partial charge in [-0.25, -0.2) is 13.1 Å². The van der Waals surface area contributed by atoms with Gasteiger partial charge in [0.05, 0.1) is 13.7 Å². The molecule has 0 heterocycles. The fourth-order valence-corrected chi connectivity index (χ4v) is 2.91. The molecule has 0 bridgehead atoms. The molecule has 0 unspecified atom stereocenters. The van der Waals surface area contributed by atoms with E-state index in [2.05, 4.69) is 11.6 Å². The molecule has 5 nitrogen and oxygen atoms in total. The number of hydrogen-bond acceptors (Lipinski definition) is 4. The molecular formula is C13H21NO4S. The SMILES string of the molecule is CCCCCNS(=O)(=O)c1ccc(CO)cc1OC. The summed E-state index contributed by atoms with van der Waals surface area (Å²) in [5, 5.41) is 9.03. The number of benzene rings is 1. The van der Waals surface area contributed by atoms with Crippen LogP contribution in [0.4, 0.5) is 0 Å². The van der Waals surface area contributed by atoms with Crippen LogP contribution in [0.1, 0.15) is 31.7 Å². The molecule has 2 N–H and O–H groups in total. The monoisotopic (exact) mass is 287 g/mol. The number of unbranched alkanes of at least 4 members (excludes halogenated alkanes) is 2. The van der Waals surface area contributed by atoms with Crippen molar-refractivity contribution in [2.24, 2.45) is 0 Å². The first kappa shape index (κ1) is 15.9. The Balaban J connectivity index is 2.88. The summed E-state index contributed by atoms with van der Waals surface area (Å²) >= 11 is 0. The summed E-state index contributed by atoms with van der Waals surface area (Å²) < 4.78 is 31.9. The van der Waals surface area contributed by atoms with Crippen molar-refractivity contribution < 1.29 is 18.3 Å². The third-order valence-corrected chi connectivity index (χ3v) is 4.27. The summed E-state index contributed by atoms with van der Waals surface area (Å²) in [6.07, 6.45) is 2.84. The van der Waals surface area contributed by atoms with Crippen molar-refractivity contribution in [3.63, 3.8) is 0 Å². The Kier molecular flexibility index (Phi) is 6.27. The van der Waals surface area contributed by atoms with Gasteiger partial charge in [0, 0.05) is 6.54 Å². The van der Waals surface area contributed by atoms with Crippen LogP contribution in [0.2, 0.25) is 0 Å². The van der Waals surface area contributed by atoms with Crippen molar-refractivity contribution in [3.05, 3.63) is 23.8 Å². The minimum absolute atomic E-state index is 0.101. The Morgan fingerprint density at radius 1 is 1.32 bits per heavy atom. The normalized spacial score (nSPS) is 11.5. The molecule has 0 radical (unpaired) electrons. The predicted octanol–water partition coefficient (Wildman–Crippen LogP) is 1.66. The van der Waals surface area contributed by atoms with E-state index in [1.165, 1.54) is 19.2 Å². The smallest absolute Gasteiger partial charge is 0.244 e. The van der Waals surface area contributed by atoms with Gasteiger partial charge in [-0.1, -0.05) is 25.8 Å². The van der Waals surface area contributed by atoms with Gasteiger partial charge in [-0.05, 0) is 24.1 Å². The summed E-state index contributed by atoms with van der Waals surface area (Å²) in [6, 6.07) is 4.55. The second kappa shape index (κ2) is 7.47. The average Bonchev–Trinajstić information content (AvgIpc) is 2.42. The lowest BCUT2D eigenvalue weighted by Crippen LogP contribution is -2.25. The topological polar surface area (TPSA) is 75.6 Å². The first-order chi connectivity index (χ1) is 9.05. The summed E-state index contributed by atoms with van der Waals surface area (Å²) in [6.45, 7) is 2.33. The number of methoxy groups -OCH3 is 1. The van der Waals surface area contributed by atoms with E-state index in [1.807, 2.05) is 0 Å². The van der Waals surface area contributed by atoms with Gasteiger partial charge in [-0.2, -0.15) is 0 Å². The molecule has 19 heavy (non-hydrogen) atoms. The van der Waals surface area contributed by atoms with Gasteiger partial charge in [0.2, 0.25) is 10.0 Å². The molecule has 0 fully saturated rings. The Morgan fingerprint density at radius 3 is 2.63 bits per heavy atom. The first-order valence-corrected chi connectivity index (χ1v) is 7.81. The molecule has 0 saturated carbocycles. The number of hydrogen-bond donors (Lipinski definition) is 2. The lowest BCUT2D eigenvalue weighted by Gasteiger charge is -2.11. The molecule has 1 aromatic carbocycles. The van der Waals surface area contributed by atoms with E-state index in [4.69, 9.17) is 9.84 Å². The molecule has 0 saturated heterocycles. The molecule has 0 spiro atoms. The van der Waals surface area contributed by atoms with E-state index >= 15 is 0 Å². The van der Waals surface area contributed by atoms with Crippen molar-refractivity contribution in [2.75, 3.05) is 13.7 Å². The second-order valence-corrected chi connectivity index (χ2v) is 5.98. The highest BCUT2D eigenvalue weighted by molar-refractivity contribution is 7.89. The van der Waals surface area contributed by atoms with Gasteiger partial charge in [-0.15, -0.1) is 0 Å². The number of ether oxygens (including phenoxy) is 1. The molecule has 0 aliphatic rings. The molecular weight excluding hydrogens is 266 g/mol. The largest absolute Gasteiger partial charge is 0.495 e. The maximum atomic E-state index is 12.1. The van der Waals surface area contributed by atoms with Crippen LogP contribution in [-0.2, 0) is 16.6 Å². The van der Waals surface area contributed by atoms with Gasteiger partial charge >= 0.3 is 0 Å². The zero-order valence-corrected chi connectivity index (χ0v) is 12.2. The van der Waals surface area contributed by atoms with E-state index in [1.54, 1.807) is 6.07 Å². The molecule has 1 aromatic rings. The highest BCUT2D eigenvalue weighted by Crippen LogP contribution is 2.24. The van der Waals surface area contributed by atoms with Crippen LogP contribution in [-0.4, -0.2) is 27.2 Å². The van der Waals surface area contributed by atoms with Gasteiger partial charge in [-0.3, -0.25) is 0 Å². The van der Waals surface area contributed by atoms with Crippen LogP contribution < -0.4 is 9.46 Å². The standard InChI is InChI=1S/C13H21NO4S/c1-3-4-5-8-14-19(16,17)13-7-6-11(10-15)9-12(13)18-2/h6-7,9,14-15H,3-5,8,10H2,1-2H3. The van der Waals surface area contributed by atoms with Gasteiger partial charge in [0.1, 0.15) is 10.6 Å². The van der Waals surface area contributed by atoms with Crippen LogP contribution in [0.5, 0.6) is 5.75 Å². The van der Waals surface area contributed by atoms with E-state index in [-0.39, 0.29) is 17.3 Å². The fourth-order valence-electron chi connectivity index (χ4n) is 1.69. The van der Waals surface area contributed by atoms with Crippen molar-refractivity contribution in [3.8, 4) is 5.75 Å². The molecule has 108 valence electrons. The maximum Gasteiger partial charge on any atom is 0.244 e. The lowest BCUT2D eigenvalue weighted by atomic mass is 10.2. The van der Waals surface area contributed by atoms with Crippen LogP contribution in [0.25, 0.3) is 0 Å². The molecule has 0 amide bonds. The lowest BCUT2D eigenvalue weighted by molar-refractivity contribution is 0.280. The van der Waals surface area contributed by atoms with E-state index in [0.29, 0.717) is 12.1 Å². The second-order valence-electron chi connectivity index (χ2n) is 4.25. The number of aliphatic hydroxyl groups is 1. The van der Waals surface area contributed by atoms with E-state index in [0.717, 1.165) is 19.3 Å². The molecule has 0 atom stereocenters. The number of sulfonamides is 1. The number of aliphatic hydroxyl groups excluding tert-OH is 1. The highest BCUT2D eigenvalue weighted by Gasteiger charge is 2.19. The van der Waals surface area contributed by atoms with Crippen molar-refractivity contribution in [1.29, 1.82) is 0 Å². The van der Waals surface area contributed by atoms with E-state index in [9.17, 15) is 8.42 Å².